The first kappa shape index (κ1) is 23.4. The Morgan fingerprint density at radius 3 is 1.97 bits per heavy atom. The number of ether oxygens (including phenoxy) is 1. The van der Waals surface area contributed by atoms with Crippen LogP contribution in [0.25, 0.3) is 0 Å². The van der Waals surface area contributed by atoms with Gasteiger partial charge in [-0.3, -0.25) is 10.1 Å². The highest BCUT2D eigenvalue weighted by Gasteiger charge is 2.44. The normalized spacial score (nSPS) is 12.0. The quantitative estimate of drug-likeness (QED) is 0.133. The number of nitrogens with zero attached hydrogens (tertiary/aromatic N) is 1. The average molecular weight is 455 g/mol. The summed E-state index contributed by atoms with van der Waals surface area (Å²) in [5.74, 6) is 1.15. The fourth-order valence-corrected chi connectivity index (χ4v) is 5.06. The fraction of sp³-hybridized carbons (Fsp3) is 0.250. The van der Waals surface area contributed by atoms with Gasteiger partial charge in [0.25, 0.3) is 0 Å². The average Bonchev–Trinajstić information content (AvgIpc) is 2.79. The van der Waals surface area contributed by atoms with Crippen LogP contribution in [0.1, 0.15) is 31.0 Å². The molecular weight excluding hydrogens is 429 g/mol. The van der Waals surface area contributed by atoms with Gasteiger partial charge in [-0.2, -0.15) is 0 Å². The van der Waals surface area contributed by atoms with E-state index in [0.717, 1.165) is 12.8 Å². The van der Waals surface area contributed by atoms with E-state index in [-0.39, 0.29) is 0 Å². The SMILES string of the molecule is CCCCOc1cccc([C@H](C[N+](=O)[O-])P(=O)(Oc2ccccc2)Oc2ccccc2)c1. The molecule has 3 rings (SSSR count). The van der Waals surface area contributed by atoms with Gasteiger partial charge >= 0.3 is 7.60 Å². The lowest BCUT2D eigenvalue weighted by molar-refractivity contribution is -0.480. The van der Waals surface area contributed by atoms with E-state index in [1.807, 2.05) is 0 Å². The second kappa shape index (κ2) is 11.3. The smallest absolute Gasteiger partial charge is 0.444 e. The van der Waals surface area contributed by atoms with Crippen LogP contribution in [0.15, 0.2) is 84.9 Å². The number of nitro groups is 1. The van der Waals surface area contributed by atoms with Crippen molar-refractivity contribution in [1.29, 1.82) is 0 Å². The van der Waals surface area contributed by atoms with Crippen molar-refractivity contribution in [2.75, 3.05) is 13.2 Å². The molecule has 0 aliphatic heterocycles. The first-order valence-electron chi connectivity index (χ1n) is 10.4. The predicted molar refractivity (Wildman–Crippen MR) is 123 cm³/mol. The van der Waals surface area contributed by atoms with E-state index in [0.29, 0.717) is 29.4 Å². The van der Waals surface area contributed by atoms with E-state index in [1.54, 1.807) is 84.9 Å². The van der Waals surface area contributed by atoms with E-state index in [4.69, 9.17) is 13.8 Å². The first-order valence-corrected chi connectivity index (χ1v) is 12.0. The third kappa shape index (κ3) is 6.59. The van der Waals surface area contributed by atoms with Crippen molar-refractivity contribution in [2.45, 2.75) is 25.4 Å². The van der Waals surface area contributed by atoms with Crippen LogP contribution in [0, 0.1) is 10.1 Å². The van der Waals surface area contributed by atoms with Crippen LogP contribution >= 0.6 is 7.60 Å². The minimum atomic E-state index is -4.10. The standard InChI is InChI=1S/C24H26NO6P/c1-2-3-17-29-23-16-10-11-20(18-23)24(19-25(26)27)32(28,30-21-12-6-4-7-13-21)31-22-14-8-5-9-15-22/h4-16,18,24H,2-3,17,19H2,1H3/t24-/m0/s1. The van der Waals surface area contributed by atoms with Gasteiger partial charge < -0.3 is 13.8 Å². The molecule has 0 saturated heterocycles. The van der Waals surface area contributed by atoms with Crippen LogP contribution in [-0.2, 0) is 4.57 Å². The summed E-state index contributed by atoms with van der Waals surface area (Å²) < 4.78 is 31.6. The Morgan fingerprint density at radius 1 is 0.875 bits per heavy atom. The molecule has 0 fully saturated rings. The van der Waals surface area contributed by atoms with Crippen molar-refractivity contribution < 1.29 is 23.3 Å². The molecule has 0 unspecified atom stereocenters. The Hall–Kier alpha value is -3.31. The summed E-state index contributed by atoms with van der Waals surface area (Å²) in [5, 5.41) is 11.6. The second-order valence-corrected chi connectivity index (χ2v) is 9.22. The maximum atomic E-state index is 14.2. The summed E-state index contributed by atoms with van der Waals surface area (Å²) in [6.07, 6.45) is 1.87. The van der Waals surface area contributed by atoms with Crippen molar-refractivity contribution in [1.82, 2.24) is 0 Å². The van der Waals surface area contributed by atoms with Crippen LogP contribution in [0.4, 0.5) is 0 Å². The Bertz CT molecular complexity index is 999. The molecule has 3 aromatic carbocycles. The van der Waals surface area contributed by atoms with Crippen molar-refractivity contribution in [2.24, 2.45) is 0 Å². The highest BCUT2D eigenvalue weighted by atomic mass is 31.2. The number of para-hydroxylation sites is 2. The molecule has 7 nitrogen and oxygen atoms in total. The molecule has 0 bridgehead atoms. The molecule has 0 N–H and O–H groups in total. The van der Waals surface area contributed by atoms with Crippen LogP contribution < -0.4 is 13.8 Å². The van der Waals surface area contributed by atoms with Crippen molar-refractivity contribution in [3.8, 4) is 17.2 Å². The van der Waals surface area contributed by atoms with E-state index >= 15 is 0 Å². The van der Waals surface area contributed by atoms with Gasteiger partial charge in [0.15, 0.2) is 5.66 Å². The molecule has 0 amide bonds. The molecule has 3 aromatic rings. The molecule has 0 aromatic heterocycles. The molecule has 1 atom stereocenters. The predicted octanol–water partition coefficient (Wildman–Crippen LogP) is 6.53. The summed E-state index contributed by atoms with van der Waals surface area (Å²) in [6.45, 7) is 1.96. The Morgan fingerprint density at radius 2 is 1.44 bits per heavy atom. The van der Waals surface area contributed by atoms with Crippen LogP contribution in [0.3, 0.4) is 0 Å². The lowest BCUT2D eigenvalue weighted by atomic mass is 10.1. The summed E-state index contributed by atoms with van der Waals surface area (Å²) in [6, 6.07) is 23.9. The molecule has 168 valence electrons. The van der Waals surface area contributed by atoms with Crippen LogP contribution in [0.5, 0.6) is 17.2 Å². The molecular formula is C24H26NO6P. The molecule has 0 radical (unpaired) electrons. The van der Waals surface area contributed by atoms with Gasteiger partial charge in [0.1, 0.15) is 17.2 Å². The molecule has 32 heavy (non-hydrogen) atoms. The van der Waals surface area contributed by atoms with Gasteiger partial charge in [-0.15, -0.1) is 0 Å². The van der Waals surface area contributed by atoms with E-state index < -0.39 is 24.7 Å². The highest BCUT2D eigenvalue weighted by Crippen LogP contribution is 2.60. The van der Waals surface area contributed by atoms with E-state index in [1.165, 1.54) is 0 Å². The second-order valence-electron chi connectivity index (χ2n) is 7.15. The summed E-state index contributed by atoms with van der Waals surface area (Å²) in [5.41, 5.74) is -0.696. The molecule has 0 heterocycles. The number of hydrogen-bond donors (Lipinski definition) is 0. The summed E-state index contributed by atoms with van der Waals surface area (Å²) >= 11 is 0. The van der Waals surface area contributed by atoms with Crippen molar-refractivity contribution in [3.05, 3.63) is 101 Å². The largest absolute Gasteiger partial charge is 0.494 e. The van der Waals surface area contributed by atoms with Crippen LogP contribution in [-0.4, -0.2) is 18.1 Å². The topological polar surface area (TPSA) is 87.9 Å². The highest BCUT2D eigenvalue weighted by molar-refractivity contribution is 7.55. The van der Waals surface area contributed by atoms with Crippen molar-refractivity contribution in [3.63, 3.8) is 0 Å². The first-order chi connectivity index (χ1) is 15.5. The molecule has 0 spiro atoms. The fourth-order valence-electron chi connectivity index (χ4n) is 3.08. The lowest BCUT2D eigenvalue weighted by Gasteiger charge is -2.26. The van der Waals surface area contributed by atoms with E-state index in [2.05, 4.69) is 6.92 Å². The number of hydrogen-bond acceptors (Lipinski definition) is 6. The molecule has 8 heteroatoms. The van der Waals surface area contributed by atoms with Gasteiger partial charge in [-0.05, 0) is 48.4 Å². The minimum Gasteiger partial charge on any atom is -0.494 e. The Labute approximate surface area is 187 Å². The Balaban J connectivity index is 2.01. The lowest BCUT2D eigenvalue weighted by Crippen LogP contribution is -2.19. The van der Waals surface area contributed by atoms with Crippen molar-refractivity contribution >= 4 is 7.60 Å². The zero-order valence-corrected chi connectivity index (χ0v) is 18.7. The molecule has 0 saturated carbocycles. The number of benzene rings is 3. The maximum Gasteiger partial charge on any atom is 0.444 e. The monoisotopic (exact) mass is 455 g/mol. The summed E-state index contributed by atoms with van der Waals surface area (Å²) in [7, 11) is -4.10. The third-order valence-corrected chi connectivity index (χ3v) is 6.82. The van der Waals surface area contributed by atoms with Gasteiger partial charge in [0.05, 0.1) is 6.61 Å². The zero-order chi connectivity index (χ0) is 22.8. The minimum absolute atomic E-state index is 0.301. The van der Waals surface area contributed by atoms with Crippen LogP contribution in [0.2, 0.25) is 0 Å². The third-order valence-electron chi connectivity index (χ3n) is 4.66. The number of unbranched alkanes of at least 4 members (excludes halogenated alkanes) is 1. The van der Waals surface area contributed by atoms with Gasteiger partial charge in [-0.1, -0.05) is 61.9 Å². The van der Waals surface area contributed by atoms with Gasteiger partial charge in [-0.25, -0.2) is 4.57 Å². The van der Waals surface area contributed by atoms with Gasteiger partial charge in [0, 0.05) is 4.92 Å². The summed E-state index contributed by atoms with van der Waals surface area (Å²) in [4.78, 5) is 11.1. The maximum absolute atomic E-state index is 14.2. The van der Waals surface area contributed by atoms with Gasteiger partial charge in [0.2, 0.25) is 6.54 Å². The zero-order valence-electron chi connectivity index (χ0n) is 17.8. The Kier molecular flexibility index (Phi) is 8.28. The number of rotatable bonds is 12. The molecule has 0 aliphatic carbocycles. The van der Waals surface area contributed by atoms with E-state index in [9.17, 15) is 14.7 Å². The molecule has 0 aliphatic rings.